The van der Waals surface area contributed by atoms with Gasteiger partial charge in [0.1, 0.15) is 5.52 Å². The second-order valence-electron chi connectivity index (χ2n) is 3.29. The van der Waals surface area contributed by atoms with E-state index in [0.717, 1.165) is 17.3 Å². The minimum atomic E-state index is 0.0427. The highest BCUT2D eigenvalue weighted by atomic mass is 35.5. The zero-order valence-electron chi connectivity index (χ0n) is 8.87. The van der Waals surface area contributed by atoms with Gasteiger partial charge in [-0.2, -0.15) is 15.0 Å². The lowest BCUT2D eigenvalue weighted by Crippen LogP contribution is -1.98. The Bertz CT molecular complexity index is 663. The monoisotopic (exact) mass is 279 g/mol. The van der Waals surface area contributed by atoms with Crippen LogP contribution < -0.4 is 5.73 Å². The number of nitrogens with zero attached hydrogens (tertiary/aromatic N) is 4. The van der Waals surface area contributed by atoms with Crippen molar-refractivity contribution < 1.29 is 4.42 Å². The second kappa shape index (κ2) is 4.43. The van der Waals surface area contributed by atoms with Crippen LogP contribution in [0.2, 0.25) is 5.28 Å². The number of nitrogens with two attached hydrogens (primary N) is 1. The number of fused-ring (bicyclic) bond motifs is 1. The van der Waals surface area contributed by atoms with Gasteiger partial charge in [-0.3, -0.25) is 0 Å². The van der Waals surface area contributed by atoms with Gasteiger partial charge in [0.2, 0.25) is 16.4 Å². The molecule has 18 heavy (non-hydrogen) atoms. The smallest absolute Gasteiger partial charge is 0.264 e. The Morgan fingerprint density at radius 1 is 1.11 bits per heavy atom. The van der Waals surface area contributed by atoms with Crippen LogP contribution in [0.15, 0.2) is 39.1 Å². The van der Waals surface area contributed by atoms with E-state index < -0.39 is 0 Å². The van der Waals surface area contributed by atoms with E-state index in [0.29, 0.717) is 16.0 Å². The van der Waals surface area contributed by atoms with Crippen molar-refractivity contribution in [2.24, 2.45) is 0 Å². The largest absolute Gasteiger partial charge is 0.431 e. The summed E-state index contributed by atoms with van der Waals surface area (Å²) in [5.74, 6) is 0.0635. The molecule has 0 radical (unpaired) electrons. The topological polar surface area (TPSA) is 90.7 Å². The highest BCUT2D eigenvalue weighted by Gasteiger charge is 2.10. The summed E-state index contributed by atoms with van der Waals surface area (Å²) in [5.41, 5.74) is 6.95. The van der Waals surface area contributed by atoms with Crippen molar-refractivity contribution in [2.75, 3.05) is 5.73 Å². The van der Waals surface area contributed by atoms with Crippen LogP contribution in [-0.4, -0.2) is 19.9 Å². The third-order valence-electron chi connectivity index (χ3n) is 2.06. The quantitative estimate of drug-likeness (QED) is 0.770. The number of nitrogen functional groups attached to an aromatic ring is 1. The van der Waals surface area contributed by atoms with Gasteiger partial charge in [-0.1, -0.05) is 12.1 Å². The van der Waals surface area contributed by atoms with Crippen molar-refractivity contribution in [3.05, 3.63) is 29.5 Å². The Morgan fingerprint density at radius 2 is 1.94 bits per heavy atom. The van der Waals surface area contributed by atoms with Crippen molar-refractivity contribution in [1.29, 1.82) is 0 Å². The number of anilines is 1. The normalized spacial score (nSPS) is 10.9. The molecule has 0 bridgehead atoms. The number of hydrogen-bond donors (Lipinski definition) is 1. The molecular weight excluding hydrogens is 274 g/mol. The molecule has 0 atom stereocenters. The maximum atomic E-state index is 5.69. The summed E-state index contributed by atoms with van der Waals surface area (Å²) in [4.78, 5) is 15.8. The lowest BCUT2D eigenvalue weighted by Gasteiger charge is -1.96. The molecule has 3 rings (SSSR count). The molecule has 0 aliphatic rings. The Balaban J connectivity index is 1.96. The fourth-order valence-electron chi connectivity index (χ4n) is 1.36. The fraction of sp³-hybridized carbons (Fsp3) is 0. The van der Waals surface area contributed by atoms with Crippen LogP contribution in [-0.2, 0) is 0 Å². The number of aromatic nitrogens is 4. The van der Waals surface area contributed by atoms with Gasteiger partial charge < -0.3 is 10.2 Å². The predicted molar refractivity (Wildman–Crippen MR) is 67.4 cm³/mol. The number of halogens is 1. The van der Waals surface area contributed by atoms with E-state index >= 15 is 0 Å². The zero-order valence-corrected chi connectivity index (χ0v) is 10.4. The fourth-order valence-corrected chi connectivity index (χ4v) is 2.28. The summed E-state index contributed by atoms with van der Waals surface area (Å²) in [7, 11) is 0. The predicted octanol–water partition coefficient (Wildman–Crippen LogP) is 2.40. The van der Waals surface area contributed by atoms with Gasteiger partial charge in [0.25, 0.3) is 5.22 Å². The van der Waals surface area contributed by atoms with Crippen molar-refractivity contribution in [2.45, 2.75) is 10.4 Å². The molecular formula is C10H6ClN5OS. The van der Waals surface area contributed by atoms with Crippen LogP contribution in [0.1, 0.15) is 0 Å². The Kier molecular flexibility index (Phi) is 2.77. The van der Waals surface area contributed by atoms with Crippen LogP contribution >= 0.6 is 23.4 Å². The standard InChI is InChI=1S/C10H6ClN5OS/c11-7-14-8(12)16-9(15-7)18-10-13-5-3-1-2-4-6(5)17-10/h1-4H,(H2,12,14,15,16). The van der Waals surface area contributed by atoms with E-state index in [-0.39, 0.29) is 11.2 Å². The summed E-state index contributed by atoms with van der Waals surface area (Å²) in [6.07, 6.45) is 0. The van der Waals surface area contributed by atoms with Crippen molar-refractivity contribution in [1.82, 2.24) is 19.9 Å². The molecule has 1 aromatic carbocycles. The van der Waals surface area contributed by atoms with Gasteiger partial charge in [-0.25, -0.2) is 4.98 Å². The van der Waals surface area contributed by atoms with E-state index in [1.54, 1.807) is 0 Å². The van der Waals surface area contributed by atoms with Crippen molar-refractivity contribution in [3.8, 4) is 0 Å². The lowest BCUT2D eigenvalue weighted by atomic mass is 10.3. The number of para-hydroxylation sites is 2. The average molecular weight is 280 g/mol. The summed E-state index contributed by atoms with van der Waals surface area (Å²) in [5, 5.41) is 0.818. The van der Waals surface area contributed by atoms with Crippen molar-refractivity contribution >= 4 is 40.4 Å². The summed E-state index contributed by atoms with van der Waals surface area (Å²) >= 11 is 6.83. The van der Waals surface area contributed by atoms with E-state index in [1.165, 1.54) is 0 Å². The first-order chi connectivity index (χ1) is 8.70. The van der Waals surface area contributed by atoms with E-state index in [1.807, 2.05) is 24.3 Å². The van der Waals surface area contributed by atoms with E-state index in [9.17, 15) is 0 Å². The van der Waals surface area contributed by atoms with E-state index in [4.69, 9.17) is 21.8 Å². The highest BCUT2D eigenvalue weighted by Crippen LogP contribution is 2.28. The molecule has 0 saturated heterocycles. The third kappa shape index (κ3) is 2.22. The van der Waals surface area contributed by atoms with Crippen LogP contribution in [0.3, 0.4) is 0 Å². The molecule has 0 fully saturated rings. The SMILES string of the molecule is Nc1nc(Cl)nc(Sc2nc3ccccc3o2)n1. The highest BCUT2D eigenvalue weighted by molar-refractivity contribution is 7.98. The Hall–Kier alpha value is -1.86. The van der Waals surface area contributed by atoms with Crippen LogP contribution in [0.4, 0.5) is 5.95 Å². The summed E-state index contributed by atoms with van der Waals surface area (Å²) in [6.45, 7) is 0. The molecule has 90 valence electrons. The van der Waals surface area contributed by atoms with E-state index in [2.05, 4.69) is 19.9 Å². The molecule has 0 saturated carbocycles. The second-order valence-corrected chi connectivity index (χ2v) is 4.55. The molecule has 2 heterocycles. The lowest BCUT2D eigenvalue weighted by molar-refractivity contribution is 0.488. The van der Waals surface area contributed by atoms with Gasteiger partial charge in [-0.15, -0.1) is 0 Å². The number of rotatable bonds is 2. The molecule has 0 aliphatic heterocycles. The first-order valence-electron chi connectivity index (χ1n) is 4.91. The molecule has 0 aliphatic carbocycles. The molecule has 8 heteroatoms. The minimum Gasteiger partial charge on any atom is -0.431 e. The van der Waals surface area contributed by atoms with Crippen LogP contribution in [0.5, 0.6) is 0 Å². The summed E-state index contributed by atoms with van der Waals surface area (Å²) < 4.78 is 5.52. The van der Waals surface area contributed by atoms with Gasteiger partial charge in [0.05, 0.1) is 0 Å². The maximum Gasteiger partial charge on any atom is 0.264 e. The zero-order chi connectivity index (χ0) is 12.5. The van der Waals surface area contributed by atoms with Crippen LogP contribution in [0.25, 0.3) is 11.1 Å². The number of benzene rings is 1. The average Bonchev–Trinajstić information content (AvgIpc) is 2.69. The molecule has 0 amide bonds. The molecule has 2 aromatic heterocycles. The molecule has 0 unspecified atom stereocenters. The summed E-state index contributed by atoms with van der Waals surface area (Å²) in [6, 6.07) is 7.45. The molecule has 3 aromatic rings. The molecule has 2 N–H and O–H groups in total. The minimum absolute atomic E-state index is 0.0427. The van der Waals surface area contributed by atoms with Gasteiger partial charge in [0, 0.05) is 11.8 Å². The van der Waals surface area contributed by atoms with Gasteiger partial charge in [-0.05, 0) is 23.7 Å². The molecule has 0 spiro atoms. The first kappa shape index (κ1) is 11.2. The third-order valence-corrected chi connectivity index (χ3v) is 2.94. The maximum absolute atomic E-state index is 5.69. The molecule has 6 nitrogen and oxygen atoms in total. The van der Waals surface area contributed by atoms with Gasteiger partial charge >= 0.3 is 0 Å². The number of hydrogen-bond acceptors (Lipinski definition) is 7. The Labute approximate surface area is 111 Å². The van der Waals surface area contributed by atoms with Crippen LogP contribution in [0, 0.1) is 0 Å². The first-order valence-corrected chi connectivity index (χ1v) is 6.10. The Morgan fingerprint density at radius 3 is 2.72 bits per heavy atom. The van der Waals surface area contributed by atoms with Gasteiger partial charge in [0.15, 0.2) is 5.58 Å². The van der Waals surface area contributed by atoms with Crippen molar-refractivity contribution in [3.63, 3.8) is 0 Å². The number of oxazole rings is 1.